The molecule has 0 spiro atoms. The number of anilines is 2. The minimum absolute atomic E-state index is 0.00357. The van der Waals surface area contributed by atoms with E-state index in [2.05, 4.69) is 23.8 Å². The second-order valence-corrected chi connectivity index (χ2v) is 14.7. The van der Waals surface area contributed by atoms with Crippen molar-refractivity contribution >= 4 is 53.4 Å². The topological polar surface area (TPSA) is 217 Å². The monoisotopic (exact) mass is 908 g/mol. The van der Waals surface area contributed by atoms with E-state index in [4.69, 9.17) is 37.9 Å². The first kappa shape index (κ1) is 50.9. The fraction of sp³-hybridized carbons (Fsp3) is 0.286. The average Bonchev–Trinajstić information content (AvgIpc) is 3.29. The van der Waals surface area contributed by atoms with Crippen LogP contribution in [0, 0.1) is 0 Å². The zero-order chi connectivity index (χ0) is 48.0. The first-order valence-corrected chi connectivity index (χ1v) is 20.6. The molecule has 17 nitrogen and oxygen atoms in total. The quantitative estimate of drug-likeness (QED) is 0.0238. The van der Waals surface area contributed by atoms with Crippen LogP contribution >= 0.6 is 0 Å². The molecule has 0 bridgehead atoms. The Hall–Kier alpha value is -7.79. The molecule has 4 aromatic carbocycles. The van der Waals surface area contributed by atoms with Crippen LogP contribution in [0.1, 0.15) is 80.3 Å². The van der Waals surface area contributed by atoms with Crippen LogP contribution in [-0.4, -0.2) is 100 Å². The van der Waals surface area contributed by atoms with Gasteiger partial charge in [0.2, 0.25) is 0 Å². The van der Waals surface area contributed by atoms with Gasteiger partial charge in [0.05, 0.1) is 35.5 Å². The third-order valence-electron chi connectivity index (χ3n) is 8.76. The van der Waals surface area contributed by atoms with Gasteiger partial charge in [0.15, 0.2) is 0 Å². The third kappa shape index (κ3) is 17.4. The lowest BCUT2D eigenvalue weighted by Crippen LogP contribution is -2.26. The maximum atomic E-state index is 12.8. The molecule has 2 N–H and O–H groups in total. The van der Waals surface area contributed by atoms with Gasteiger partial charge in [-0.15, -0.1) is 0 Å². The van der Waals surface area contributed by atoms with Crippen molar-refractivity contribution in [2.45, 2.75) is 46.3 Å². The molecule has 2 amide bonds. The van der Waals surface area contributed by atoms with Gasteiger partial charge in [-0.1, -0.05) is 67.3 Å². The number of hydrogen-bond acceptors (Lipinski definition) is 15. The number of hydrogen-bond donors (Lipinski definition) is 2. The highest BCUT2D eigenvalue weighted by molar-refractivity contribution is 6.04. The van der Waals surface area contributed by atoms with E-state index >= 15 is 0 Å². The minimum atomic E-state index is -0.846. The molecule has 0 heterocycles. The summed E-state index contributed by atoms with van der Waals surface area (Å²) in [5.74, 6) is -3.77. The maximum absolute atomic E-state index is 12.8. The molecule has 0 aliphatic rings. The second kappa shape index (κ2) is 26.1. The van der Waals surface area contributed by atoms with Gasteiger partial charge >= 0.3 is 42.0 Å². The lowest BCUT2D eigenvalue weighted by Gasteiger charge is -2.15. The van der Waals surface area contributed by atoms with E-state index < -0.39 is 54.2 Å². The molecule has 0 radical (unpaired) electrons. The van der Waals surface area contributed by atoms with Gasteiger partial charge in [-0.25, -0.2) is 33.6 Å². The van der Waals surface area contributed by atoms with Gasteiger partial charge in [0, 0.05) is 16.9 Å². The van der Waals surface area contributed by atoms with Crippen LogP contribution in [-0.2, 0) is 49.1 Å². The average molecular weight is 909 g/mol. The Morgan fingerprint density at radius 2 is 0.864 bits per heavy atom. The smallest absolute Gasteiger partial charge is 0.412 e. The van der Waals surface area contributed by atoms with E-state index in [0.29, 0.717) is 24.4 Å². The fourth-order valence-corrected chi connectivity index (χ4v) is 5.58. The van der Waals surface area contributed by atoms with Crippen molar-refractivity contribution in [1.29, 1.82) is 0 Å². The third-order valence-corrected chi connectivity index (χ3v) is 8.76. The molecular formula is C49H52N2O15. The number of esters is 5. The molecule has 4 aromatic rings. The Labute approximate surface area is 381 Å². The predicted octanol–water partition coefficient (Wildman–Crippen LogP) is 7.89. The standard InChI is InChI=1S/C49H52N2O15/c1-31(2)28-59-23-24-61-44(53)39-11-7-9-13-41(39)46(55)63-29-33(5)65-48(57)50-37-19-15-35(16-20-37)27-36-17-21-38(22-18-36)51-49(58)66-34(6)30-64-47(56)42-14-10-8-12-40(42)45(54)62-26-25-60-43(52)32(3)4/h7-22,33-34H,1,3,23-30H2,2,4-6H3,(H,50,57)(H,51,58). The Balaban J connectivity index is 1.15. The van der Waals surface area contributed by atoms with Gasteiger partial charge in [-0.2, -0.15) is 0 Å². The zero-order valence-electron chi connectivity index (χ0n) is 37.1. The van der Waals surface area contributed by atoms with Crippen LogP contribution in [0.25, 0.3) is 0 Å². The molecule has 0 saturated heterocycles. The highest BCUT2D eigenvalue weighted by Crippen LogP contribution is 2.18. The molecule has 0 aliphatic heterocycles. The molecule has 348 valence electrons. The van der Waals surface area contributed by atoms with E-state index in [-0.39, 0.29) is 67.5 Å². The second-order valence-electron chi connectivity index (χ2n) is 14.7. The van der Waals surface area contributed by atoms with Crippen molar-refractivity contribution in [3.8, 4) is 0 Å². The van der Waals surface area contributed by atoms with Crippen molar-refractivity contribution < 1.29 is 71.5 Å². The van der Waals surface area contributed by atoms with Gasteiger partial charge in [0.1, 0.15) is 45.2 Å². The van der Waals surface area contributed by atoms with Crippen molar-refractivity contribution in [3.63, 3.8) is 0 Å². The number of ether oxygens (including phenoxy) is 8. The molecule has 17 heteroatoms. The van der Waals surface area contributed by atoms with Crippen LogP contribution in [0.3, 0.4) is 0 Å². The van der Waals surface area contributed by atoms with Crippen LogP contribution in [0.15, 0.2) is 121 Å². The van der Waals surface area contributed by atoms with Crippen LogP contribution in [0.4, 0.5) is 21.0 Å². The van der Waals surface area contributed by atoms with Crippen LogP contribution in [0.5, 0.6) is 0 Å². The molecule has 66 heavy (non-hydrogen) atoms. The van der Waals surface area contributed by atoms with Gasteiger partial charge in [-0.3, -0.25) is 10.6 Å². The summed E-state index contributed by atoms with van der Waals surface area (Å²) in [5.41, 5.74) is 3.73. The Morgan fingerprint density at radius 3 is 1.24 bits per heavy atom. The molecular weight excluding hydrogens is 857 g/mol. The summed E-state index contributed by atoms with van der Waals surface area (Å²) < 4.78 is 41.8. The summed E-state index contributed by atoms with van der Waals surface area (Å²) in [4.78, 5) is 87.5. The zero-order valence-corrected chi connectivity index (χ0v) is 37.1. The molecule has 0 aliphatic carbocycles. The first-order valence-electron chi connectivity index (χ1n) is 20.6. The molecule has 0 fully saturated rings. The SMILES string of the molecule is C=C(C)COCCOC(=O)c1ccccc1C(=O)OCC(C)OC(=O)Nc1ccc(Cc2ccc(NC(=O)OC(C)COC(=O)c3ccccc3C(=O)OCCOC(=O)C(=C)C)cc2)cc1. The summed E-state index contributed by atoms with van der Waals surface area (Å²) in [7, 11) is 0. The van der Waals surface area contributed by atoms with Crippen LogP contribution in [0.2, 0.25) is 0 Å². The van der Waals surface area contributed by atoms with E-state index in [1.807, 2.05) is 31.2 Å². The Bertz CT molecular complexity index is 2360. The fourth-order valence-electron chi connectivity index (χ4n) is 5.58. The van der Waals surface area contributed by atoms with E-state index in [1.54, 1.807) is 55.5 Å². The summed E-state index contributed by atoms with van der Waals surface area (Å²) in [6.45, 7) is 13.1. The molecule has 0 aromatic heterocycles. The number of carbonyl (C=O) groups is 7. The Kier molecular flexibility index (Phi) is 20.1. The lowest BCUT2D eigenvalue weighted by atomic mass is 10.0. The number of carbonyl (C=O) groups excluding carboxylic acids is 7. The summed E-state index contributed by atoms with van der Waals surface area (Å²) in [6.07, 6.45) is -2.67. The van der Waals surface area contributed by atoms with Gasteiger partial charge < -0.3 is 37.9 Å². The lowest BCUT2D eigenvalue weighted by molar-refractivity contribution is -0.140. The van der Waals surface area contributed by atoms with E-state index in [0.717, 1.165) is 16.7 Å². The maximum Gasteiger partial charge on any atom is 0.412 e. The number of benzene rings is 4. The molecule has 4 rings (SSSR count). The van der Waals surface area contributed by atoms with Crippen LogP contribution < -0.4 is 10.6 Å². The first-order chi connectivity index (χ1) is 31.6. The molecule has 2 atom stereocenters. The number of amides is 2. The summed E-state index contributed by atoms with van der Waals surface area (Å²) in [6, 6.07) is 26.0. The molecule has 0 saturated carbocycles. The highest BCUT2D eigenvalue weighted by atomic mass is 16.6. The van der Waals surface area contributed by atoms with E-state index in [9.17, 15) is 33.6 Å². The predicted molar refractivity (Wildman–Crippen MR) is 240 cm³/mol. The van der Waals surface area contributed by atoms with E-state index in [1.165, 1.54) is 38.1 Å². The summed E-state index contributed by atoms with van der Waals surface area (Å²) in [5, 5.41) is 5.26. The van der Waals surface area contributed by atoms with Crippen molar-refractivity contribution in [2.24, 2.45) is 0 Å². The van der Waals surface area contributed by atoms with Crippen molar-refractivity contribution in [3.05, 3.63) is 155 Å². The molecule has 2 unspecified atom stereocenters. The summed E-state index contributed by atoms with van der Waals surface area (Å²) >= 11 is 0. The normalized spacial score (nSPS) is 11.4. The van der Waals surface area contributed by atoms with Crippen molar-refractivity contribution in [1.82, 2.24) is 0 Å². The highest BCUT2D eigenvalue weighted by Gasteiger charge is 2.22. The number of nitrogens with one attached hydrogen (secondary N) is 2. The Morgan fingerprint density at radius 1 is 0.500 bits per heavy atom. The largest absolute Gasteiger partial charge is 0.460 e. The van der Waals surface area contributed by atoms with Gasteiger partial charge in [0.25, 0.3) is 0 Å². The number of rotatable bonds is 23. The van der Waals surface area contributed by atoms with Crippen molar-refractivity contribution in [2.75, 3.05) is 56.9 Å². The minimum Gasteiger partial charge on any atom is -0.460 e. The van der Waals surface area contributed by atoms with Gasteiger partial charge in [-0.05, 0) is 93.8 Å².